The highest BCUT2D eigenvalue weighted by atomic mass is 32.2. The van der Waals surface area contributed by atoms with Crippen LogP contribution in [0.5, 0.6) is 0 Å². The van der Waals surface area contributed by atoms with Gasteiger partial charge in [-0.25, -0.2) is 26.3 Å². The first-order valence-corrected chi connectivity index (χ1v) is 12.8. The van der Waals surface area contributed by atoms with Gasteiger partial charge in [-0.15, -0.1) is 0 Å². The van der Waals surface area contributed by atoms with E-state index < -0.39 is 57.0 Å². The largest absolute Gasteiger partial charge is 0.375 e. The molecule has 6 nitrogen and oxygen atoms in total. The van der Waals surface area contributed by atoms with Gasteiger partial charge in [0.15, 0.2) is 0 Å². The normalized spacial score (nSPS) is 22.9. The summed E-state index contributed by atoms with van der Waals surface area (Å²) in [6.45, 7) is 0.389. The molecule has 1 saturated carbocycles. The molecule has 1 aliphatic heterocycles. The first-order valence-electron chi connectivity index (χ1n) is 11.2. The minimum Gasteiger partial charge on any atom is -0.375 e. The van der Waals surface area contributed by atoms with Crippen molar-refractivity contribution in [3.63, 3.8) is 0 Å². The number of carbonyl (C=O) groups is 1. The lowest BCUT2D eigenvalue weighted by atomic mass is 9.91. The first-order chi connectivity index (χ1) is 16.8. The molecule has 1 unspecified atom stereocenters. The van der Waals surface area contributed by atoms with Crippen LogP contribution in [-0.2, 0) is 21.2 Å². The fourth-order valence-corrected chi connectivity index (χ4v) is 5.71. The average Bonchev–Trinajstić information content (AvgIpc) is 3.55. The second-order valence-corrected chi connectivity index (χ2v) is 11.2. The lowest BCUT2D eigenvalue weighted by Gasteiger charge is -2.33. The van der Waals surface area contributed by atoms with E-state index in [1.54, 1.807) is 36.4 Å². The number of hydrogen-bond donors (Lipinski definition) is 2. The maximum atomic E-state index is 15.6. The van der Waals surface area contributed by atoms with Gasteiger partial charge in [-0.05, 0) is 37.3 Å². The van der Waals surface area contributed by atoms with Gasteiger partial charge < -0.3 is 10.0 Å². The molecule has 4 rings (SSSR count). The highest BCUT2D eigenvalue weighted by Crippen LogP contribution is 2.56. The van der Waals surface area contributed by atoms with Crippen LogP contribution in [0.2, 0.25) is 0 Å². The van der Waals surface area contributed by atoms with Crippen molar-refractivity contribution in [3.8, 4) is 11.1 Å². The Labute approximate surface area is 205 Å². The third kappa shape index (κ3) is 4.73. The molecule has 1 heterocycles. The second kappa shape index (κ2) is 9.38. The summed E-state index contributed by atoms with van der Waals surface area (Å²) < 4.78 is 95.1. The van der Waals surface area contributed by atoms with Gasteiger partial charge in [-0.3, -0.25) is 4.79 Å². The maximum absolute atomic E-state index is 15.6. The van der Waals surface area contributed by atoms with Gasteiger partial charge in [0.1, 0.15) is 5.82 Å². The van der Waals surface area contributed by atoms with E-state index in [1.165, 1.54) is 12.1 Å². The molecule has 1 aliphatic carbocycles. The minimum absolute atomic E-state index is 0.0368. The molecular weight excluding hydrogens is 507 g/mol. The van der Waals surface area contributed by atoms with Crippen molar-refractivity contribution in [1.29, 1.82) is 0 Å². The Morgan fingerprint density at radius 1 is 1.14 bits per heavy atom. The van der Waals surface area contributed by atoms with Crippen LogP contribution in [0.3, 0.4) is 0 Å². The van der Waals surface area contributed by atoms with Gasteiger partial charge in [0.25, 0.3) is 22.4 Å². The Morgan fingerprint density at radius 2 is 1.78 bits per heavy atom. The molecule has 0 aromatic heterocycles. The summed E-state index contributed by atoms with van der Waals surface area (Å²) in [5.74, 6) is -5.82. The minimum atomic E-state index is -5.13. The summed E-state index contributed by atoms with van der Waals surface area (Å²) >= 11 is 0. The first kappa shape index (κ1) is 26.5. The summed E-state index contributed by atoms with van der Waals surface area (Å²) in [4.78, 5) is 13.9. The second-order valence-electron chi connectivity index (χ2n) is 9.56. The van der Waals surface area contributed by atoms with Gasteiger partial charge in [0, 0.05) is 23.6 Å². The molecule has 2 N–H and O–H groups in total. The summed E-state index contributed by atoms with van der Waals surface area (Å²) in [5.41, 5.74) is -3.28. The van der Waals surface area contributed by atoms with Crippen LogP contribution >= 0.6 is 0 Å². The van der Waals surface area contributed by atoms with Crippen LogP contribution in [0.1, 0.15) is 25.3 Å². The molecule has 0 bridgehead atoms. The number of alkyl halides is 4. The number of carbonyl (C=O) groups excluding carboxylic acids is 1. The number of aliphatic hydroxyl groups is 1. The number of hydrogen-bond acceptors (Lipinski definition) is 4. The van der Waals surface area contributed by atoms with Crippen molar-refractivity contribution < 1.29 is 40.3 Å². The summed E-state index contributed by atoms with van der Waals surface area (Å²) in [6.07, 6.45) is -3.13. The van der Waals surface area contributed by atoms with E-state index in [1.807, 2.05) is 4.72 Å². The summed E-state index contributed by atoms with van der Waals surface area (Å²) in [6, 6.07) is 10.4. The molecular formula is C24H25F5N2O4S. The number of nitrogens with one attached hydrogen (secondary N) is 1. The van der Waals surface area contributed by atoms with Crippen molar-refractivity contribution in [3.05, 3.63) is 59.9 Å². The smallest absolute Gasteiger partial charge is 0.350 e. The number of amides is 1. The van der Waals surface area contributed by atoms with Crippen LogP contribution in [0.15, 0.2) is 48.5 Å². The standard InChI is InChI=1S/C24H25F5N2O4S/c1-23(33,20(26)27)21(32)31-13-24(10-11-24)19(30-36(34,35)22(28)29)17(31)12-15-8-5-9-16(18(15)25)14-6-3-2-4-7-14/h2-9,17,19-20,22,30,33H,10-13H2,1H3/t17-,19+,23?/m0/s1. The van der Waals surface area contributed by atoms with Crippen molar-refractivity contribution >= 4 is 15.9 Å². The average molecular weight is 533 g/mol. The van der Waals surface area contributed by atoms with E-state index >= 15 is 4.39 Å². The van der Waals surface area contributed by atoms with Gasteiger partial charge in [0.2, 0.25) is 5.60 Å². The number of rotatable bonds is 8. The van der Waals surface area contributed by atoms with Crippen LogP contribution in [0.4, 0.5) is 22.0 Å². The van der Waals surface area contributed by atoms with Gasteiger partial charge >= 0.3 is 5.76 Å². The highest BCUT2D eigenvalue weighted by Gasteiger charge is 2.63. The number of likely N-dealkylation sites (tertiary alicyclic amines) is 1. The molecule has 2 aliphatic rings. The third-order valence-electron chi connectivity index (χ3n) is 7.06. The van der Waals surface area contributed by atoms with Gasteiger partial charge in [0.05, 0.1) is 6.04 Å². The molecule has 12 heteroatoms. The molecule has 1 saturated heterocycles. The molecule has 1 amide bonds. The number of benzene rings is 2. The van der Waals surface area contributed by atoms with E-state index in [0.717, 1.165) is 4.90 Å². The van der Waals surface area contributed by atoms with E-state index in [9.17, 15) is 35.9 Å². The number of sulfonamides is 1. The van der Waals surface area contributed by atoms with Crippen molar-refractivity contribution in [2.45, 2.75) is 56.1 Å². The molecule has 196 valence electrons. The predicted molar refractivity (Wildman–Crippen MR) is 121 cm³/mol. The Morgan fingerprint density at radius 3 is 2.33 bits per heavy atom. The maximum Gasteiger partial charge on any atom is 0.350 e. The molecule has 3 atom stereocenters. The Bertz CT molecular complexity index is 1240. The van der Waals surface area contributed by atoms with Crippen molar-refractivity contribution in [2.24, 2.45) is 5.41 Å². The fraction of sp³-hybridized carbons (Fsp3) is 0.458. The molecule has 0 radical (unpaired) electrons. The van der Waals surface area contributed by atoms with Gasteiger partial charge in [-0.1, -0.05) is 48.5 Å². The zero-order chi connectivity index (χ0) is 26.5. The van der Waals surface area contributed by atoms with E-state index in [2.05, 4.69) is 0 Å². The van der Waals surface area contributed by atoms with E-state index in [0.29, 0.717) is 25.3 Å². The van der Waals surface area contributed by atoms with Crippen LogP contribution in [-0.4, -0.2) is 60.7 Å². The fourth-order valence-electron chi connectivity index (χ4n) is 4.84. The Kier molecular flexibility index (Phi) is 6.91. The third-order valence-corrected chi connectivity index (χ3v) is 8.11. The van der Waals surface area contributed by atoms with Crippen LogP contribution in [0, 0.1) is 11.2 Å². The Hall–Kier alpha value is -2.57. The van der Waals surface area contributed by atoms with Crippen LogP contribution in [0.25, 0.3) is 11.1 Å². The lowest BCUT2D eigenvalue weighted by molar-refractivity contribution is -0.166. The molecule has 2 fully saturated rings. The van der Waals surface area contributed by atoms with Gasteiger partial charge in [-0.2, -0.15) is 8.78 Å². The molecule has 2 aromatic carbocycles. The number of nitrogens with zero attached hydrogens (tertiary/aromatic N) is 1. The Balaban J connectivity index is 1.76. The van der Waals surface area contributed by atoms with Crippen LogP contribution < -0.4 is 4.72 Å². The quantitative estimate of drug-likeness (QED) is 0.510. The lowest BCUT2D eigenvalue weighted by Crippen LogP contribution is -2.56. The monoisotopic (exact) mass is 532 g/mol. The SMILES string of the molecule is CC(O)(C(=O)N1CC2(CC2)[C@H](NS(=O)(=O)C(F)F)[C@@H]1Cc1cccc(-c2ccccc2)c1F)C(F)F. The molecule has 2 aromatic rings. The highest BCUT2D eigenvalue weighted by molar-refractivity contribution is 7.89. The number of halogens is 5. The predicted octanol–water partition coefficient (Wildman–Crippen LogP) is 3.55. The zero-order valence-corrected chi connectivity index (χ0v) is 20.0. The topological polar surface area (TPSA) is 86.7 Å². The zero-order valence-electron chi connectivity index (χ0n) is 19.2. The van der Waals surface area contributed by atoms with E-state index in [4.69, 9.17) is 0 Å². The van der Waals surface area contributed by atoms with E-state index in [-0.39, 0.29) is 24.1 Å². The molecule has 1 spiro atoms. The molecule has 36 heavy (non-hydrogen) atoms. The summed E-state index contributed by atoms with van der Waals surface area (Å²) in [7, 11) is -5.13. The summed E-state index contributed by atoms with van der Waals surface area (Å²) in [5, 5.41) is 10.2. The van der Waals surface area contributed by atoms with Crippen molar-refractivity contribution in [1.82, 2.24) is 9.62 Å². The van der Waals surface area contributed by atoms with Crippen molar-refractivity contribution in [2.75, 3.05) is 6.54 Å².